The molecule has 0 aromatic heterocycles. The average Bonchev–Trinajstić information content (AvgIpc) is 2.61. The van der Waals surface area contributed by atoms with Gasteiger partial charge in [0.2, 0.25) is 5.91 Å². The predicted octanol–water partition coefficient (Wildman–Crippen LogP) is 3.69. The lowest BCUT2D eigenvalue weighted by molar-refractivity contribution is -0.384. The van der Waals surface area contributed by atoms with Crippen LogP contribution in [0.5, 0.6) is 0 Å². The quantitative estimate of drug-likeness (QED) is 0.446. The number of anilines is 1. The number of hydrazone groups is 1. The molecule has 0 aliphatic rings. The van der Waals surface area contributed by atoms with Crippen molar-refractivity contribution in [2.24, 2.45) is 5.10 Å². The molecule has 8 nitrogen and oxygen atoms in total. The van der Waals surface area contributed by atoms with Gasteiger partial charge in [-0.15, -0.1) is 0 Å². The standard InChI is InChI=1S/C18H17ClN4O4/c1-11-5-3-4-6-14(11)18(25)22-21-12(2)9-17(24)20-16-10-13(23(26)27)7-8-15(16)19/h3-8,10H,9H2,1-2H3,(H,20,24)(H,22,25)/b21-12+. The highest BCUT2D eigenvalue weighted by atomic mass is 35.5. The van der Waals surface area contributed by atoms with Crippen LogP contribution >= 0.6 is 11.6 Å². The van der Waals surface area contributed by atoms with Crippen LogP contribution in [0.1, 0.15) is 29.3 Å². The number of non-ortho nitro benzene ring substituents is 1. The van der Waals surface area contributed by atoms with E-state index in [2.05, 4.69) is 15.8 Å². The predicted molar refractivity (Wildman–Crippen MR) is 103 cm³/mol. The van der Waals surface area contributed by atoms with E-state index in [1.807, 2.05) is 19.1 Å². The van der Waals surface area contributed by atoms with Crippen molar-refractivity contribution >= 4 is 40.5 Å². The second-order valence-corrected chi connectivity index (χ2v) is 6.16. The van der Waals surface area contributed by atoms with Crippen LogP contribution in [-0.4, -0.2) is 22.4 Å². The Morgan fingerprint density at radius 3 is 2.59 bits per heavy atom. The van der Waals surface area contributed by atoms with Gasteiger partial charge in [-0.2, -0.15) is 5.10 Å². The number of nitro groups is 1. The third-order valence-corrected chi connectivity index (χ3v) is 3.92. The van der Waals surface area contributed by atoms with E-state index >= 15 is 0 Å². The number of aryl methyl sites for hydroxylation is 1. The SMILES string of the molecule is C/C(CC(=O)Nc1cc([N+](=O)[O-])ccc1Cl)=N\NC(=O)c1ccccc1C. The Bertz CT molecular complexity index is 927. The van der Waals surface area contributed by atoms with Gasteiger partial charge in [-0.25, -0.2) is 5.43 Å². The molecule has 2 amide bonds. The van der Waals surface area contributed by atoms with Crippen LogP contribution in [0.25, 0.3) is 0 Å². The van der Waals surface area contributed by atoms with Gasteiger partial charge in [-0.05, 0) is 31.5 Å². The minimum atomic E-state index is -0.584. The topological polar surface area (TPSA) is 114 Å². The first-order valence-corrected chi connectivity index (χ1v) is 8.28. The van der Waals surface area contributed by atoms with Crippen molar-refractivity contribution in [1.82, 2.24) is 5.43 Å². The van der Waals surface area contributed by atoms with Crippen LogP contribution in [0.2, 0.25) is 5.02 Å². The Morgan fingerprint density at radius 2 is 1.93 bits per heavy atom. The van der Waals surface area contributed by atoms with Gasteiger partial charge in [0, 0.05) is 23.4 Å². The average molecular weight is 389 g/mol. The monoisotopic (exact) mass is 388 g/mol. The molecule has 0 heterocycles. The first kappa shape index (κ1) is 20.1. The molecule has 0 spiro atoms. The van der Waals surface area contributed by atoms with Gasteiger partial charge in [0.15, 0.2) is 0 Å². The molecule has 2 rings (SSSR count). The van der Waals surface area contributed by atoms with Crippen LogP contribution in [0.3, 0.4) is 0 Å². The number of carbonyl (C=O) groups excluding carboxylic acids is 2. The van der Waals surface area contributed by atoms with E-state index < -0.39 is 10.8 Å². The molecule has 0 saturated carbocycles. The van der Waals surface area contributed by atoms with Crippen molar-refractivity contribution in [1.29, 1.82) is 0 Å². The Hall–Kier alpha value is -3.26. The number of carbonyl (C=O) groups is 2. The van der Waals surface area contributed by atoms with E-state index in [-0.39, 0.29) is 28.7 Å². The molecule has 0 atom stereocenters. The number of hydrogen-bond acceptors (Lipinski definition) is 5. The van der Waals surface area contributed by atoms with Gasteiger partial charge in [0.25, 0.3) is 11.6 Å². The molecule has 0 saturated heterocycles. The molecule has 9 heteroatoms. The molecule has 2 aromatic carbocycles. The number of halogens is 1. The van der Waals surface area contributed by atoms with E-state index in [4.69, 9.17) is 11.6 Å². The van der Waals surface area contributed by atoms with Crippen LogP contribution in [-0.2, 0) is 4.79 Å². The highest BCUT2D eigenvalue weighted by molar-refractivity contribution is 6.33. The van der Waals surface area contributed by atoms with Crippen LogP contribution in [0.15, 0.2) is 47.6 Å². The summed E-state index contributed by atoms with van der Waals surface area (Å²) in [6.45, 7) is 3.38. The number of benzene rings is 2. The Kier molecular flexibility index (Phi) is 6.62. The molecule has 0 bridgehead atoms. The van der Waals surface area contributed by atoms with Crippen LogP contribution in [0.4, 0.5) is 11.4 Å². The number of nitro benzene ring substituents is 1. The van der Waals surface area contributed by atoms with Crippen LogP contribution in [0, 0.1) is 17.0 Å². The lowest BCUT2D eigenvalue weighted by Gasteiger charge is -2.08. The van der Waals surface area contributed by atoms with E-state index in [0.717, 1.165) is 5.56 Å². The van der Waals surface area contributed by atoms with Gasteiger partial charge in [0.1, 0.15) is 0 Å². The van der Waals surface area contributed by atoms with E-state index in [0.29, 0.717) is 11.3 Å². The largest absolute Gasteiger partial charge is 0.324 e. The van der Waals surface area contributed by atoms with E-state index in [1.54, 1.807) is 19.1 Å². The second-order valence-electron chi connectivity index (χ2n) is 5.75. The zero-order chi connectivity index (χ0) is 20.0. The summed E-state index contributed by atoms with van der Waals surface area (Å²) in [7, 11) is 0. The molecule has 0 fully saturated rings. The summed E-state index contributed by atoms with van der Waals surface area (Å²) < 4.78 is 0. The van der Waals surface area contributed by atoms with Gasteiger partial charge in [-0.3, -0.25) is 19.7 Å². The fourth-order valence-electron chi connectivity index (χ4n) is 2.22. The molecule has 2 aromatic rings. The van der Waals surface area contributed by atoms with Gasteiger partial charge < -0.3 is 5.32 Å². The molecular formula is C18H17ClN4O4. The summed E-state index contributed by atoms with van der Waals surface area (Å²) in [6.07, 6.45) is -0.118. The van der Waals surface area contributed by atoms with E-state index in [1.165, 1.54) is 18.2 Å². The molecule has 0 unspecified atom stereocenters. The number of rotatable bonds is 6. The Labute approximate surface area is 160 Å². The summed E-state index contributed by atoms with van der Waals surface area (Å²) in [6, 6.07) is 10.8. The van der Waals surface area contributed by atoms with Gasteiger partial charge in [0.05, 0.1) is 22.1 Å². The minimum Gasteiger partial charge on any atom is -0.324 e. The minimum absolute atomic E-state index is 0.118. The molecule has 0 aliphatic heterocycles. The van der Waals surface area contributed by atoms with Crippen molar-refractivity contribution in [3.05, 3.63) is 68.7 Å². The third-order valence-electron chi connectivity index (χ3n) is 3.59. The lowest BCUT2D eigenvalue weighted by atomic mass is 10.1. The molecule has 140 valence electrons. The number of hydrogen-bond donors (Lipinski definition) is 2. The summed E-state index contributed by atoms with van der Waals surface area (Å²) in [4.78, 5) is 34.4. The van der Waals surface area contributed by atoms with Crippen molar-refractivity contribution in [2.75, 3.05) is 5.32 Å². The third kappa shape index (κ3) is 5.61. The first-order chi connectivity index (χ1) is 12.8. The Morgan fingerprint density at radius 1 is 1.22 bits per heavy atom. The number of nitrogens with zero attached hydrogens (tertiary/aromatic N) is 2. The fraction of sp³-hybridized carbons (Fsp3) is 0.167. The van der Waals surface area contributed by atoms with E-state index in [9.17, 15) is 19.7 Å². The summed E-state index contributed by atoms with van der Waals surface area (Å²) >= 11 is 5.94. The zero-order valence-corrected chi connectivity index (χ0v) is 15.4. The second kappa shape index (κ2) is 8.91. The van der Waals surface area contributed by atoms with Gasteiger partial charge in [-0.1, -0.05) is 29.8 Å². The Balaban J connectivity index is 1.98. The fourth-order valence-corrected chi connectivity index (χ4v) is 2.39. The van der Waals surface area contributed by atoms with Gasteiger partial charge >= 0.3 is 0 Å². The maximum atomic E-state index is 12.1. The molecule has 27 heavy (non-hydrogen) atoms. The highest BCUT2D eigenvalue weighted by Gasteiger charge is 2.13. The number of amides is 2. The lowest BCUT2D eigenvalue weighted by Crippen LogP contribution is -2.22. The molecule has 2 N–H and O–H groups in total. The molecular weight excluding hydrogens is 372 g/mol. The summed E-state index contributed by atoms with van der Waals surface area (Å²) in [5.74, 6) is -0.849. The highest BCUT2D eigenvalue weighted by Crippen LogP contribution is 2.26. The van der Waals surface area contributed by atoms with Crippen LogP contribution < -0.4 is 10.7 Å². The maximum absolute atomic E-state index is 12.1. The normalized spacial score (nSPS) is 11.0. The summed E-state index contributed by atoms with van der Waals surface area (Å²) in [5.41, 5.74) is 3.99. The first-order valence-electron chi connectivity index (χ1n) is 7.91. The molecule has 0 radical (unpaired) electrons. The van der Waals surface area contributed by atoms with Crippen molar-refractivity contribution in [2.45, 2.75) is 20.3 Å². The summed E-state index contributed by atoms with van der Waals surface area (Å²) in [5, 5.41) is 17.4. The van der Waals surface area contributed by atoms with Crippen molar-refractivity contribution < 1.29 is 14.5 Å². The number of nitrogens with one attached hydrogen (secondary N) is 2. The van der Waals surface area contributed by atoms with Crippen molar-refractivity contribution in [3.63, 3.8) is 0 Å². The molecule has 0 aliphatic carbocycles. The zero-order valence-electron chi connectivity index (χ0n) is 14.7. The maximum Gasteiger partial charge on any atom is 0.271 e. The smallest absolute Gasteiger partial charge is 0.271 e. The van der Waals surface area contributed by atoms with Crippen molar-refractivity contribution in [3.8, 4) is 0 Å².